The third-order valence-electron chi connectivity index (χ3n) is 5.79. The molecule has 1 aliphatic heterocycles. The van der Waals surface area contributed by atoms with Crippen LogP contribution >= 0.6 is 12.4 Å². The van der Waals surface area contributed by atoms with Crippen LogP contribution in [0.2, 0.25) is 0 Å². The van der Waals surface area contributed by atoms with E-state index in [9.17, 15) is 4.79 Å². The number of carbonyl (C=O) groups excluding carboxylic acids is 1. The Labute approximate surface area is 126 Å². The molecule has 0 amide bonds. The van der Waals surface area contributed by atoms with Gasteiger partial charge in [-0.3, -0.25) is 4.79 Å². The molecular formula is C17H22ClNO. The Hall–Kier alpha value is -0.860. The molecule has 108 valence electrons. The Morgan fingerprint density at radius 3 is 3.05 bits per heavy atom. The molecule has 20 heavy (non-hydrogen) atoms. The molecule has 1 saturated heterocycles. The first-order valence-electron chi connectivity index (χ1n) is 7.55. The van der Waals surface area contributed by atoms with E-state index in [0.29, 0.717) is 17.7 Å². The van der Waals surface area contributed by atoms with Crippen molar-refractivity contribution in [1.82, 2.24) is 5.32 Å². The van der Waals surface area contributed by atoms with Crippen molar-refractivity contribution >= 4 is 18.2 Å². The van der Waals surface area contributed by atoms with Crippen LogP contribution in [0.5, 0.6) is 0 Å². The highest BCUT2D eigenvalue weighted by Crippen LogP contribution is 2.53. The highest BCUT2D eigenvalue weighted by molar-refractivity contribution is 5.85. The molecule has 1 saturated carbocycles. The summed E-state index contributed by atoms with van der Waals surface area (Å²) in [5.41, 5.74) is 4.58. The predicted molar refractivity (Wildman–Crippen MR) is 82.6 cm³/mol. The zero-order valence-corrected chi connectivity index (χ0v) is 12.8. The van der Waals surface area contributed by atoms with Gasteiger partial charge in [0.1, 0.15) is 5.78 Å². The second-order valence-corrected chi connectivity index (χ2v) is 6.63. The third-order valence-corrected chi connectivity index (χ3v) is 5.79. The predicted octanol–water partition coefficient (Wildman–Crippen LogP) is 2.94. The molecule has 4 rings (SSSR count). The van der Waals surface area contributed by atoms with Gasteiger partial charge in [0.25, 0.3) is 0 Å². The Morgan fingerprint density at radius 1 is 1.35 bits per heavy atom. The van der Waals surface area contributed by atoms with Gasteiger partial charge in [0.2, 0.25) is 0 Å². The highest BCUT2D eigenvalue weighted by atomic mass is 35.5. The fourth-order valence-electron chi connectivity index (χ4n) is 4.95. The molecule has 1 aromatic rings. The summed E-state index contributed by atoms with van der Waals surface area (Å²) in [6, 6.07) is 7.29. The molecule has 0 aromatic heterocycles. The van der Waals surface area contributed by atoms with Gasteiger partial charge >= 0.3 is 0 Å². The Kier molecular flexibility index (Phi) is 3.42. The largest absolute Gasteiger partial charge is 0.313 e. The van der Waals surface area contributed by atoms with Gasteiger partial charge in [-0.2, -0.15) is 0 Å². The van der Waals surface area contributed by atoms with E-state index >= 15 is 0 Å². The number of aryl methyl sites for hydroxylation is 1. The quantitative estimate of drug-likeness (QED) is 0.796. The lowest BCUT2D eigenvalue weighted by Crippen LogP contribution is -2.60. The van der Waals surface area contributed by atoms with Crippen molar-refractivity contribution < 1.29 is 4.79 Å². The number of hydrogen-bond acceptors (Lipinski definition) is 2. The number of hydrogen-bond donors (Lipinski definition) is 1. The highest BCUT2D eigenvalue weighted by Gasteiger charge is 2.53. The lowest BCUT2D eigenvalue weighted by atomic mass is 9.52. The first-order chi connectivity index (χ1) is 9.21. The molecule has 2 nitrogen and oxygen atoms in total. The Bertz CT molecular complexity index is 556. The maximum atomic E-state index is 12.1. The number of fused-ring (bicyclic) bond motifs is 1. The van der Waals surface area contributed by atoms with Crippen LogP contribution in [0.4, 0.5) is 0 Å². The lowest BCUT2D eigenvalue weighted by molar-refractivity contribution is -0.125. The molecule has 1 heterocycles. The van der Waals surface area contributed by atoms with Gasteiger partial charge in [-0.15, -0.1) is 12.4 Å². The van der Waals surface area contributed by atoms with Gasteiger partial charge in [-0.1, -0.05) is 18.2 Å². The first-order valence-corrected chi connectivity index (χ1v) is 7.55. The smallest absolute Gasteiger partial charge is 0.133 e. The molecule has 2 aliphatic carbocycles. The molecule has 0 spiro atoms. The van der Waals surface area contributed by atoms with Gasteiger partial charge < -0.3 is 5.32 Å². The molecular weight excluding hydrogens is 270 g/mol. The molecule has 2 bridgehead atoms. The normalized spacial score (nSPS) is 34.8. The fraction of sp³-hybridized carbons (Fsp3) is 0.588. The Morgan fingerprint density at radius 2 is 2.20 bits per heavy atom. The van der Waals surface area contributed by atoms with Crippen LogP contribution in [-0.4, -0.2) is 18.4 Å². The number of nitrogens with one attached hydrogen (secondary N) is 1. The van der Waals surface area contributed by atoms with Crippen molar-refractivity contribution in [3.8, 4) is 0 Å². The van der Waals surface area contributed by atoms with Crippen molar-refractivity contribution in [2.45, 2.75) is 50.5 Å². The molecule has 0 unspecified atom stereocenters. The second-order valence-electron chi connectivity index (χ2n) is 6.63. The van der Waals surface area contributed by atoms with E-state index in [2.05, 4.69) is 30.4 Å². The molecule has 3 aliphatic rings. The summed E-state index contributed by atoms with van der Waals surface area (Å²) in [7, 11) is 0. The minimum absolute atomic E-state index is 0. The molecule has 1 aromatic carbocycles. The number of halogens is 1. The number of carbonyl (C=O) groups is 1. The standard InChI is InChI=1S/C17H21NO.ClH/c1-11-3-2-4-14-13(11)9-16-15-6-5-12(19)10-17(14,15)7-8-18-16;/h2-4,15-16,18H,5-10H2,1H3;1H/t15-,16+,17+;/m0./s1. The van der Waals surface area contributed by atoms with Gasteiger partial charge in [-0.25, -0.2) is 0 Å². The van der Waals surface area contributed by atoms with Crippen LogP contribution in [-0.2, 0) is 16.6 Å². The number of ketones is 1. The summed E-state index contributed by atoms with van der Waals surface area (Å²) in [5, 5.41) is 3.72. The summed E-state index contributed by atoms with van der Waals surface area (Å²) in [6.07, 6.45) is 4.96. The van der Waals surface area contributed by atoms with E-state index in [1.54, 1.807) is 0 Å². The van der Waals surface area contributed by atoms with E-state index in [1.807, 2.05) is 0 Å². The van der Waals surface area contributed by atoms with E-state index in [4.69, 9.17) is 0 Å². The molecule has 2 fully saturated rings. The van der Waals surface area contributed by atoms with Crippen LogP contribution in [0, 0.1) is 12.8 Å². The average Bonchev–Trinajstić information content (AvgIpc) is 2.39. The molecule has 3 heteroatoms. The van der Waals surface area contributed by atoms with Crippen LogP contribution in [0.1, 0.15) is 42.4 Å². The monoisotopic (exact) mass is 291 g/mol. The summed E-state index contributed by atoms with van der Waals surface area (Å²) in [6.45, 7) is 3.29. The van der Waals surface area contributed by atoms with Crippen LogP contribution < -0.4 is 5.32 Å². The van der Waals surface area contributed by atoms with Crippen LogP contribution in [0.3, 0.4) is 0 Å². The number of rotatable bonds is 0. The zero-order valence-electron chi connectivity index (χ0n) is 11.9. The second kappa shape index (κ2) is 4.85. The van der Waals surface area contributed by atoms with Gasteiger partial charge in [0.15, 0.2) is 0 Å². The summed E-state index contributed by atoms with van der Waals surface area (Å²) >= 11 is 0. The van der Waals surface area contributed by atoms with E-state index in [0.717, 1.165) is 38.6 Å². The van der Waals surface area contributed by atoms with Crippen molar-refractivity contribution in [1.29, 1.82) is 0 Å². The maximum Gasteiger partial charge on any atom is 0.133 e. The lowest BCUT2D eigenvalue weighted by Gasteiger charge is -2.55. The van der Waals surface area contributed by atoms with Crippen LogP contribution in [0.25, 0.3) is 0 Å². The fourth-order valence-corrected chi connectivity index (χ4v) is 4.95. The van der Waals surface area contributed by atoms with Gasteiger partial charge in [0, 0.05) is 24.3 Å². The summed E-state index contributed by atoms with van der Waals surface area (Å²) < 4.78 is 0. The zero-order chi connectivity index (χ0) is 13.0. The molecule has 1 N–H and O–H groups in total. The van der Waals surface area contributed by atoms with E-state index in [1.165, 1.54) is 16.7 Å². The van der Waals surface area contributed by atoms with Crippen molar-refractivity contribution in [3.63, 3.8) is 0 Å². The van der Waals surface area contributed by atoms with Crippen LogP contribution in [0.15, 0.2) is 18.2 Å². The average molecular weight is 292 g/mol. The molecule has 3 atom stereocenters. The summed E-state index contributed by atoms with van der Waals surface area (Å²) in [5.74, 6) is 1.15. The molecule has 0 radical (unpaired) electrons. The number of piperidine rings is 1. The van der Waals surface area contributed by atoms with E-state index in [-0.39, 0.29) is 17.8 Å². The SMILES string of the molecule is Cc1cccc2c1C[C@H]1NCC[C@@]23CC(=O)CC[C@@H]13.Cl. The van der Waals surface area contributed by atoms with Gasteiger partial charge in [-0.05, 0) is 55.3 Å². The third kappa shape index (κ3) is 1.78. The number of benzene rings is 1. The first kappa shape index (κ1) is 14.1. The van der Waals surface area contributed by atoms with Crippen molar-refractivity contribution in [2.24, 2.45) is 5.92 Å². The number of Topliss-reactive ketones (excluding diaryl/α,β-unsaturated/α-hetero) is 1. The van der Waals surface area contributed by atoms with Crippen molar-refractivity contribution in [3.05, 3.63) is 34.9 Å². The minimum Gasteiger partial charge on any atom is -0.313 e. The van der Waals surface area contributed by atoms with E-state index < -0.39 is 0 Å². The van der Waals surface area contributed by atoms with Gasteiger partial charge in [0.05, 0.1) is 0 Å². The topological polar surface area (TPSA) is 29.1 Å². The maximum absolute atomic E-state index is 12.1. The minimum atomic E-state index is 0. The summed E-state index contributed by atoms with van der Waals surface area (Å²) in [4.78, 5) is 12.1. The Balaban J connectivity index is 0.00000121. The van der Waals surface area contributed by atoms with Crippen molar-refractivity contribution in [2.75, 3.05) is 6.54 Å².